The molecular formula is C24H36N2O3. The minimum Gasteiger partial charge on any atom is -0.356 e. The van der Waals surface area contributed by atoms with Gasteiger partial charge in [0.1, 0.15) is 0 Å². The van der Waals surface area contributed by atoms with Crippen LogP contribution in [0, 0.1) is 17.3 Å². The van der Waals surface area contributed by atoms with Gasteiger partial charge in [-0.1, -0.05) is 48.6 Å². The first kappa shape index (κ1) is 22.0. The fraction of sp³-hybridized carbons (Fsp3) is 0.625. The molecule has 3 aliphatic rings. The van der Waals surface area contributed by atoms with Crippen molar-refractivity contribution in [3.63, 3.8) is 0 Å². The molecule has 0 aromatic heterocycles. The number of amides is 1. The average molecular weight is 401 g/mol. The van der Waals surface area contributed by atoms with Gasteiger partial charge in [-0.05, 0) is 58.3 Å². The summed E-state index contributed by atoms with van der Waals surface area (Å²) in [6.07, 6.45) is 19.2. The van der Waals surface area contributed by atoms with E-state index in [4.69, 9.17) is 4.74 Å². The van der Waals surface area contributed by atoms with E-state index in [9.17, 15) is 9.90 Å². The van der Waals surface area contributed by atoms with Gasteiger partial charge in [0.25, 0.3) is 0 Å². The smallest absolute Gasteiger partial charge is 0.226 e. The molecule has 0 aromatic carbocycles. The third-order valence-corrected chi connectivity index (χ3v) is 6.20. The zero-order valence-electron chi connectivity index (χ0n) is 18.0. The van der Waals surface area contributed by atoms with Crippen LogP contribution in [-0.2, 0) is 9.53 Å². The number of nitrogens with zero attached hydrogens (tertiary/aromatic N) is 1. The number of nitrogens with one attached hydrogen (secondary N) is 1. The Kier molecular flexibility index (Phi) is 7.14. The van der Waals surface area contributed by atoms with E-state index < -0.39 is 17.4 Å². The van der Waals surface area contributed by atoms with E-state index in [2.05, 4.69) is 53.9 Å². The molecule has 0 aromatic rings. The van der Waals surface area contributed by atoms with Gasteiger partial charge in [-0.15, -0.1) is 0 Å². The van der Waals surface area contributed by atoms with Crippen LogP contribution in [0.5, 0.6) is 0 Å². The van der Waals surface area contributed by atoms with Crippen molar-refractivity contribution in [3.05, 3.63) is 48.6 Å². The highest BCUT2D eigenvalue weighted by Gasteiger charge is 2.47. The Morgan fingerprint density at radius 1 is 1.14 bits per heavy atom. The number of carbonyl (C=O) groups excluding carboxylic acids is 1. The molecule has 1 heterocycles. The molecule has 0 spiro atoms. The zero-order valence-corrected chi connectivity index (χ0v) is 18.0. The van der Waals surface area contributed by atoms with Crippen LogP contribution in [0.2, 0.25) is 0 Å². The van der Waals surface area contributed by atoms with Gasteiger partial charge in [-0.3, -0.25) is 9.69 Å². The van der Waals surface area contributed by atoms with Crippen LogP contribution >= 0.6 is 0 Å². The normalized spacial score (nSPS) is 27.7. The summed E-state index contributed by atoms with van der Waals surface area (Å²) in [6.45, 7) is 7.77. The molecule has 1 amide bonds. The van der Waals surface area contributed by atoms with Crippen LogP contribution in [-0.4, -0.2) is 47.6 Å². The minimum atomic E-state index is -0.933. The Labute approximate surface area is 175 Å². The molecule has 160 valence electrons. The fourth-order valence-electron chi connectivity index (χ4n) is 4.47. The Morgan fingerprint density at radius 2 is 1.79 bits per heavy atom. The third kappa shape index (κ3) is 5.68. The lowest BCUT2D eigenvalue weighted by Gasteiger charge is -2.46. The molecule has 5 heteroatoms. The number of likely N-dealkylation sites (tertiary alicyclic amines) is 1. The van der Waals surface area contributed by atoms with Crippen LogP contribution in [0.3, 0.4) is 0 Å². The van der Waals surface area contributed by atoms with Crippen molar-refractivity contribution < 1.29 is 14.6 Å². The summed E-state index contributed by atoms with van der Waals surface area (Å²) in [5.74, 6) is 0.707. The number of carbonyl (C=O) groups is 1. The summed E-state index contributed by atoms with van der Waals surface area (Å²) >= 11 is 0. The minimum absolute atomic E-state index is 0.149. The number of piperidine rings is 1. The van der Waals surface area contributed by atoms with Crippen molar-refractivity contribution in [1.82, 2.24) is 10.2 Å². The molecule has 3 unspecified atom stereocenters. The first-order valence-electron chi connectivity index (χ1n) is 10.9. The highest BCUT2D eigenvalue weighted by Crippen LogP contribution is 2.43. The van der Waals surface area contributed by atoms with E-state index in [1.807, 2.05) is 25.7 Å². The summed E-state index contributed by atoms with van der Waals surface area (Å²) in [7, 11) is 0. The number of hydrogen-bond donors (Lipinski definition) is 2. The van der Waals surface area contributed by atoms with E-state index in [0.29, 0.717) is 38.4 Å². The average Bonchev–Trinajstić information content (AvgIpc) is 2.72. The second-order valence-electron chi connectivity index (χ2n) is 9.42. The molecule has 29 heavy (non-hydrogen) atoms. The summed E-state index contributed by atoms with van der Waals surface area (Å²) in [5.41, 5.74) is -0.850. The largest absolute Gasteiger partial charge is 0.356 e. The van der Waals surface area contributed by atoms with Crippen LogP contribution in [0.25, 0.3) is 0 Å². The van der Waals surface area contributed by atoms with E-state index in [1.165, 1.54) is 0 Å². The molecule has 1 saturated heterocycles. The molecule has 2 aliphatic carbocycles. The third-order valence-electron chi connectivity index (χ3n) is 6.20. The predicted molar refractivity (Wildman–Crippen MR) is 116 cm³/mol. The summed E-state index contributed by atoms with van der Waals surface area (Å²) in [4.78, 5) is 15.4. The first-order chi connectivity index (χ1) is 13.8. The molecule has 2 N–H and O–H groups in total. The number of ether oxygens (including phenoxy) is 1. The lowest BCUT2D eigenvalue weighted by atomic mass is 9.66. The first-order valence-corrected chi connectivity index (χ1v) is 10.9. The predicted octanol–water partition coefficient (Wildman–Crippen LogP) is 3.54. The molecule has 0 saturated carbocycles. The van der Waals surface area contributed by atoms with Crippen molar-refractivity contribution in [2.24, 2.45) is 17.3 Å². The van der Waals surface area contributed by atoms with Gasteiger partial charge in [-0.25, -0.2) is 0 Å². The van der Waals surface area contributed by atoms with Crippen molar-refractivity contribution in [2.75, 3.05) is 19.6 Å². The maximum Gasteiger partial charge on any atom is 0.226 e. The highest BCUT2D eigenvalue weighted by molar-refractivity contribution is 5.83. The van der Waals surface area contributed by atoms with Gasteiger partial charge < -0.3 is 15.2 Å². The summed E-state index contributed by atoms with van der Waals surface area (Å²) < 4.78 is 5.72. The van der Waals surface area contributed by atoms with Crippen molar-refractivity contribution in [1.29, 1.82) is 0 Å². The van der Waals surface area contributed by atoms with Gasteiger partial charge in [0, 0.05) is 19.6 Å². The summed E-state index contributed by atoms with van der Waals surface area (Å²) in [6, 6.07) is 0. The van der Waals surface area contributed by atoms with E-state index in [-0.39, 0.29) is 11.8 Å². The van der Waals surface area contributed by atoms with Crippen LogP contribution < -0.4 is 5.32 Å². The topological polar surface area (TPSA) is 61.8 Å². The molecule has 0 radical (unpaired) electrons. The van der Waals surface area contributed by atoms with Crippen molar-refractivity contribution >= 4 is 5.91 Å². The zero-order chi connectivity index (χ0) is 20.9. The lowest BCUT2D eigenvalue weighted by molar-refractivity contribution is -0.246. The molecule has 1 fully saturated rings. The Bertz CT molecular complexity index is 679. The Hall–Kier alpha value is -1.69. The van der Waals surface area contributed by atoms with Gasteiger partial charge in [-0.2, -0.15) is 0 Å². The fourth-order valence-corrected chi connectivity index (χ4v) is 4.47. The van der Waals surface area contributed by atoms with Crippen molar-refractivity contribution in [3.8, 4) is 0 Å². The summed E-state index contributed by atoms with van der Waals surface area (Å²) in [5, 5.41) is 13.7. The molecule has 3 rings (SSSR count). The molecule has 0 bridgehead atoms. The number of hydrogen-bond acceptors (Lipinski definition) is 4. The maximum absolute atomic E-state index is 13.4. The number of rotatable bonds is 6. The number of aliphatic hydroxyl groups is 1. The second kappa shape index (κ2) is 9.41. The second-order valence-corrected chi connectivity index (χ2v) is 9.42. The van der Waals surface area contributed by atoms with Gasteiger partial charge in [0.2, 0.25) is 12.3 Å². The SMILES string of the molecule is CC(C)(C)OC(O)N1CCC(C(=O)NCC2C=CC=CC2)(C2C=CC=CC2)CC1. The highest BCUT2D eigenvalue weighted by atomic mass is 16.6. The van der Waals surface area contributed by atoms with Gasteiger partial charge in [0.05, 0.1) is 11.0 Å². The monoisotopic (exact) mass is 400 g/mol. The maximum atomic E-state index is 13.4. The molecule has 3 atom stereocenters. The molecule has 1 aliphatic heterocycles. The number of allylic oxidation sites excluding steroid dienone is 7. The Morgan fingerprint density at radius 3 is 2.34 bits per heavy atom. The standard InChI is InChI=1S/C24H36N2O3/c1-23(2,3)29-22(28)26-16-14-24(15-17-26,20-12-8-5-9-13-20)21(27)25-18-19-10-6-4-7-11-19/h4-10,12,19-20,22,28H,11,13-18H2,1-3H3,(H,25,27). The van der Waals surface area contributed by atoms with Gasteiger partial charge >= 0.3 is 0 Å². The van der Waals surface area contributed by atoms with E-state index in [0.717, 1.165) is 12.8 Å². The van der Waals surface area contributed by atoms with E-state index in [1.54, 1.807) is 0 Å². The Balaban J connectivity index is 1.66. The van der Waals surface area contributed by atoms with Crippen LogP contribution in [0.1, 0.15) is 46.5 Å². The van der Waals surface area contributed by atoms with Crippen LogP contribution in [0.15, 0.2) is 48.6 Å². The number of aliphatic hydroxyl groups excluding tert-OH is 1. The lowest BCUT2D eigenvalue weighted by Crippen LogP contribution is -2.55. The molecular weight excluding hydrogens is 364 g/mol. The van der Waals surface area contributed by atoms with E-state index >= 15 is 0 Å². The quantitative estimate of drug-likeness (QED) is 0.670. The van der Waals surface area contributed by atoms with Crippen molar-refractivity contribution in [2.45, 2.75) is 58.5 Å². The van der Waals surface area contributed by atoms with Crippen LogP contribution in [0.4, 0.5) is 0 Å². The van der Waals surface area contributed by atoms with Gasteiger partial charge in [0.15, 0.2) is 0 Å². The molecule has 5 nitrogen and oxygen atoms in total.